The van der Waals surface area contributed by atoms with E-state index in [-0.39, 0.29) is 12.1 Å². The predicted octanol–water partition coefficient (Wildman–Crippen LogP) is -0.0151. The van der Waals surface area contributed by atoms with E-state index in [1.165, 1.54) is 0 Å². The van der Waals surface area contributed by atoms with Crippen LogP contribution in [0.3, 0.4) is 0 Å². The molecular formula is C11H16O5. The van der Waals surface area contributed by atoms with E-state index in [0.717, 1.165) is 0 Å². The molecule has 0 spiro atoms. The van der Waals surface area contributed by atoms with Gasteiger partial charge in [-0.15, -0.1) is 6.42 Å². The summed E-state index contributed by atoms with van der Waals surface area (Å²) < 4.78 is 20.3. The first kappa shape index (κ1) is 13.0. The van der Waals surface area contributed by atoms with Crippen LogP contribution in [-0.2, 0) is 23.7 Å². The highest BCUT2D eigenvalue weighted by molar-refractivity contribution is 5.71. The Balaban J connectivity index is 1.81. The minimum absolute atomic E-state index is 0.117. The molecular weight excluding hydrogens is 212 g/mol. The van der Waals surface area contributed by atoms with Crippen LogP contribution in [0.5, 0.6) is 0 Å². The summed E-state index contributed by atoms with van der Waals surface area (Å²) in [5, 5.41) is 0. The smallest absolute Gasteiger partial charge is 0.308 e. The number of hydrogen-bond donors (Lipinski definition) is 0. The normalized spacial score (nSPS) is 19.4. The van der Waals surface area contributed by atoms with Crippen molar-refractivity contribution in [2.75, 3.05) is 39.6 Å². The van der Waals surface area contributed by atoms with E-state index in [2.05, 4.69) is 5.92 Å². The Kier molecular flexibility index (Phi) is 6.58. The Hall–Kier alpha value is -1.09. The third-order valence-corrected chi connectivity index (χ3v) is 1.96. The molecule has 1 unspecified atom stereocenters. The highest BCUT2D eigenvalue weighted by Gasteiger charge is 2.23. The molecule has 1 aliphatic heterocycles. The molecule has 16 heavy (non-hydrogen) atoms. The Bertz CT molecular complexity index is 245. The molecule has 0 saturated carbocycles. The van der Waals surface area contributed by atoms with E-state index < -0.39 is 0 Å². The molecule has 1 aliphatic rings. The fraction of sp³-hybridized carbons (Fsp3) is 0.727. The van der Waals surface area contributed by atoms with Crippen molar-refractivity contribution >= 4 is 5.97 Å². The van der Waals surface area contributed by atoms with E-state index in [9.17, 15) is 4.79 Å². The van der Waals surface area contributed by atoms with Crippen LogP contribution in [0.4, 0.5) is 0 Å². The van der Waals surface area contributed by atoms with Crippen LogP contribution in [0.2, 0.25) is 0 Å². The van der Waals surface area contributed by atoms with Gasteiger partial charge in [0.2, 0.25) is 0 Å². The number of carbonyl (C=O) groups is 1. The van der Waals surface area contributed by atoms with Crippen molar-refractivity contribution in [1.29, 1.82) is 0 Å². The Morgan fingerprint density at radius 3 is 2.75 bits per heavy atom. The van der Waals surface area contributed by atoms with Crippen LogP contribution in [-0.4, -0.2) is 51.7 Å². The van der Waals surface area contributed by atoms with Gasteiger partial charge in [-0.1, -0.05) is 5.92 Å². The van der Waals surface area contributed by atoms with Crippen LogP contribution < -0.4 is 0 Å². The Labute approximate surface area is 95.0 Å². The highest BCUT2D eigenvalue weighted by atomic mass is 16.6. The van der Waals surface area contributed by atoms with E-state index in [1.54, 1.807) is 0 Å². The summed E-state index contributed by atoms with van der Waals surface area (Å²) in [6.07, 6.45) is 5.22. The maximum Gasteiger partial charge on any atom is 0.308 e. The molecule has 90 valence electrons. The van der Waals surface area contributed by atoms with E-state index in [4.69, 9.17) is 25.4 Å². The van der Waals surface area contributed by atoms with Gasteiger partial charge in [-0.2, -0.15) is 0 Å². The molecule has 1 rings (SSSR count). The van der Waals surface area contributed by atoms with Crippen molar-refractivity contribution in [1.82, 2.24) is 0 Å². The minimum atomic E-state index is -0.200. The third-order valence-electron chi connectivity index (χ3n) is 1.96. The SMILES string of the molecule is C#CCOCCOCCOC1COC(=O)C1. The number of terminal acetylenes is 1. The molecule has 1 fully saturated rings. The van der Waals surface area contributed by atoms with Gasteiger partial charge >= 0.3 is 5.97 Å². The van der Waals surface area contributed by atoms with Crippen LogP contribution in [0, 0.1) is 12.3 Å². The summed E-state index contributed by atoms with van der Waals surface area (Å²) in [7, 11) is 0. The van der Waals surface area contributed by atoms with Gasteiger partial charge in [-0.3, -0.25) is 4.79 Å². The zero-order valence-corrected chi connectivity index (χ0v) is 9.15. The first-order valence-corrected chi connectivity index (χ1v) is 5.19. The van der Waals surface area contributed by atoms with Crippen molar-refractivity contribution in [3.05, 3.63) is 0 Å². The monoisotopic (exact) mass is 228 g/mol. The van der Waals surface area contributed by atoms with Gasteiger partial charge in [0.05, 0.1) is 32.8 Å². The lowest BCUT2D eigenvalue weighted by Gasteiger charge is -2.08. The number of esters is 1. The van der Waals surface area contributed by atoms with Crippen molar-refractivity contribution < 1.29 is 23.7 Å². The Morgan fingerprint density at radius 2 is 2.06 bits per heavy atom. The minimum Gasteiger partial charge on any atom is -0.463 e. The molecule has 0 bridgehead atoms. The fourth-order valence-electron chi connectivity index (χ4n) is 1.22. The largest absolute Gasteiger partial charge is 0.463 e. The van der Waals surface area contributed by atoms with Crippen LogP contribution in [0.1, 0.15) is 6.42 Å². The first-order valence-electron chi connectivity index (χ1n) is 5.19. The van der Waals surface area contributed by atoms with Crippen LogP contribution in [0.15, 0.2) is 0 Å². The molecule has 1 saturated heterocycles. The average molecular weight is 228 g/mol. The standard InChI is InChI=1S/C11H16O5/c1-2-3-13-4-5-14-6-7-15-10-8-11(12)16-9-10/h1,10H,3-9H2. The molecule has 0 amide bonds. The van der Waals surface area contributed by atoms with Gasteiger partial charge in [-0.05, 0) is 0 Å². The maximum atomic E-state index is 10.7. The van der Waals surface area contributed by atoms with Crippen molar-refractivity contribution in [2.45, 2.75) is 12.5 Å². The number of rotatable bonds is 8. The van der Waals surface area contributed by atoms with E-state index >= 15 is 0 Å². The lowest BCUT2D eigenvalue weighted by atomic mass is 10.3. The lowest BCUT2D eigenvalue weighted by Crippen LogP contribution is -2.17. The van der Waals surface area contributed by atoms with Crippen molar-refractivity contribution in [2.24, 2.45) is 0 Å². The predicted molar refractivity (Wildman–Crippen MR) is 55.8 cm³/mol. The molecule has 0 aromatic heterocycles. The summed E-state index contributed by atoms with van der Waals surface area (Å²) in [5.74, 6) is 2.16. The molecule has 1 heterocycles. The third kappa shape index (κ3) is 5.71. The topological polar surface area (TPSA) is 54.0 Å². The molecule has 5 heteroatoms. The van der Waals surface area contributed by atoms with Gasteiger partial charge in [0.15, 0.2) is 0 Å². The lowest BCUT2D eigenvalue weighted by molar-refractivity contribution is -0.137. The quantitative estimate of drug-likeness (QED) is 0.332. The van der Waals surface area contributed by atoms with Crippen LogP contribution >= 0.6 is 0 Å². The molecule has 0 radical (unpaired) electrons. The van der Waals surface area contributed by atoms with Crippen molar-refractivity contribution in [3.63, 3.8) is 0 Å². The second-order valence-electron chi connectivity index (χ2n) is 3.25. The van der Waals surface area contributed by atoms with Crippen LogP contribution in [0.25, 0.3) is 0 Å². The summed E-state index contributed by atoms with van der Waals surface area (Å²) >= 11 is 0. The zero-order chi connectivity index (χ0) is 11.6. The van der Waals surface area contributed by atoms with E-state index in [0.29, 0.717) is 46.1 Å². The number of ether oxygens (including phenoxy) is 4. The summed E-state index contributed by atoms with van der Waals surface area (Å²) in [4.78, 5) is 10.7. The molecule has 5 nitrogen and oxygen atoms in total. The average Bonchev–Trinajstić information content (AvgIpc) is 2.68. The molecule has 0 N–H and O–H groups in total. The van der Waals surface area contributed by atoms with Gasteiger partial charge < -0.3 is 18.9 Å². The second-order valence-corrected chi connectivity index (χ2v) is 3.25. The first-order chi connectivity index (χ1) is 7.83. The highest BCUT2D eigenvalue weighted by Crippen LogP contribution is 2.09. The van der Waals surface area contributed by atoms with Gasteiger partial charge in [-0.25, -0.2) is 0 Å². The van der Waals surface area contributed by atoms with Gasteiger partial charge in [0.1, 0.15) is 19.3 Å². The van der Waals surface area contributed by atoms with Crippen molar-refractivity contribution in [3.8, 4) is 12.3 Å². The van der Waals surface area contributed by atoms with Gasteiger partial charge in [0.25, 0.3) is 0 Å². The summed E-state index contributed by atoms with van der Waals surface area (Å²) in [6.45, 7) is 2.56. The van der Waals surface area contributed by atoms with E-state index in [1.807, 2.05) is 0 Å². The molecule has 0 aliphatic carbocycles. The summed E-state index contributed by atoms with van der Waals surface area (Å²) in [5.41, 5.74) is 0. The van der Waals surface area contributed by atoms with Gasteiger partial charge in [0, 0.05) is 0 Å². The second kappa shape index (κ2) is 8.11. The number of cyclic esters (lactones) is 1. The summed E-state index contributed by atoms with van der Waals surface area (Å²) in [6, 6.07) is 0. The number of carbonyl (C=O) groups excluding carboxylic acids is 1. The molecule has 1 atom stereocenters. The maximum absolute atomic E-state index is 10.7. The molecule has 0 aromatic rings. The fourth-order valence-corrected chi connectivity index (χ4v) is 1.22. The molecule has 0 aromatic carbocycles. The zero-order valence-electron chi connectivity index (χ0n) is 9.15. The Morgan fingerprint density at radius 1 is 1.31 bits per heavy atom. The number of hydrogen-bond acceptors (Lipinski definition) is 5.